The summed E-state index contributed by atoms with van der Waals surface area (Å²) in [6.45, 7) is 2.56. The minimum atomic E-state index is -0.0516. The topological polar surface area (TPSA) is 55.3 Å². The summed E-state index contributed by atoms with van der Waals surface area (Å²) in [6.07, 6.45) is 7.45. The Morgan fingerprint density at radius 2 is 2.00 bits per heavy atom. The van der Waals surface area contributed by atoms with Crippen LogP contribution in [0.2, 0.25) is 0 Å². The van der Waals surface area contributed by atoms with E-state index in [1.807, 2.05) is 24.4 Å². The van der Waals surface area contributed by atoms with Crippen molar-refractivity contribution in [3.05, 3.63) is 53.7 Å². The molecule has 0 N–H and O–H groups in total. The summed E-state index contributed by atoms with van der Waals surface area (Å²) in [4.78, 5) is 24.6. The van der Waals surface area contributed by atoms with Crippen molar-refractivity contribution in [3.63, 3.8) is 0 Å². The Morgan fingerprint density at radius 1 is 1.17 bits per heavy atom. The molecule has 4 heterocycles. The van der Waals surface area contributed by atoms with Crippen molar-refractivity contribution in [1.29, 1.82) is 0 Å². The third-order valence-corrected chi connectivity index (χ3v) is 7.35. The van der Waals surface area contributed by atoms with Crippen LogP contribution in [-0.2, 0) is 16.0 Å². The number of fused-ring (bicyclic) bond motifs is 1. The average Bonchev–Trinajstić information content (AvgIpc) is 3.45. The third kappa shape index (κ3) is 4.12. The quantitative estimate of drug-likeness (QED) is 0.575. The van der Waals surface area contributed by atoms with Gasteiger partial charge >= 0.3 is 0 Å². The van der Waals surface area contributed by atoms with Gasteiger partial charge in [-0.3, -0.25) is 4.79 Å². The van der Waals surface area contributed by atoms with Crippen molar-refractivity contribution in [1.82, 2.24) is 9.97 Å². The van der Waals surface area contributed by atoms with Gasteiger partial charge in [-0.25, -0.2) is 4.98 Å². The molecule has 0 radical (unpaired) electrons. The molecular weight excluding hydrogens is 394 g/mol. The molecule has 0 spiro atoms. The molecule has 2 aliphatic rings. The molecule has 2 aromatic heterocycles. The molecule has 6 heteroatoms. The van der Waals surface area contributed by atoms with Crippen LogP contribution in [0.5, 0.6) is 0 Å². The summed E-state index contributed by atoms with van der Waals surface area (Å²) >= 11 is 1.68. The van der Waals surface area contributed by atoms with Crippen LogP contribution in [0.15, 0.2) is 42.6 Å². The minimum absolute atomic E-state index is 0.0516. The van der Waals surface area contributed by atoms with Crippen molar-refractivity contribution in [2.45, 2.75) is 50.5 Å². The van der Waals surface area contributed by atoms with Gasteiger partial charge in [-0.1, -0.05) is 41.7 Å². The summed E-state index contributed by atoms with van der Waals surface area (Å²) in [5.41, 5.74) is 3.31. The number of ether oxygens (including phenoxy) is 1. The van der Waals surface area contributed by atoms with Crippen molar-refractivity contribution in [3.8, 4) is 0 Å². The van der Waals surface area contributed by atoms with Crippen molar-refractivity contribution in [2.75, 3.05) is 24.7 Å². The Balaban J connectivity index is 1.31. The lowest BCUT2D eigenvalue weighted by molar-refractivity contribution is -0.120. The van der Waals surface area contributed by atoms with E-state index in [1.54, 1.807) is 11.3 Å². The first-order chi connectivity index (χ1) is 14.8. The number of rotatable bonds is 6. The van der Waals surface area contributed by atoms with Crippen molar-refractivity contribution in [2.24, 2.45) is 0 Å². The number of aromatic nitrogens is 2. The van der Waals surface area contributed by atoms with E-state index in [0.29, 0.717) is 18.1 Å². The molecule has 2 fully saturated rings. The second kappa shape index (κ2) is 8.82. The zero-order valence-corrected chi connectivity index (χ0v) is 17.9. The molecule has 5 nitrogen and oxygen atoms in total. The second-order valence-corrected chi connectivity index (χ2v) is 9.29. The van der Waals surface area contributed by atoms with Gasteiger partial charge in [-0.05, 0) is 55.2 Å². The zero-order valence-electron chi connectivity index (χ0n) is 17.1. The summed E-state index contributed by atoms with van der Waals surface area (Å²) in [5.74, 6) is 0.853. The van der Waals surface area contributed by atoms with Crippen LogP contribution in [0.25, 0.3) is 10.3 Å². The first-order valence-electron chi connectivity index (χ1n) is 11.0. The van der Waals surface area contributed by atoms with Crippen LogP contribution < -0.4 is 4.90 Å². The molecular formula is C24H27N3O2S. The fourth-order valence-corrected chi connectivity index (χ4v) is 5.66. The number of pyridine rings is 1. The van der Waals surface area contributed by atoms with Crippen LogP contribution in [0.4, 0.5) is 5.13 Å². The van der Waals surface area contributed by atoms with Gasteiger partial charge in [0.15, 0.2) is 16.6 Å². The van der Waals surface area contributed by atoms with E-state index in [-0.39, 0.29) is 6.04 Å². The van der Waals surface area contributed by atoms with Gasteiger partial charge < -0.3 is 9.64 Å². The summed E-state index contributed by atoms with van der Waals surface area (Å²) in [5, 5.41) is 0.942. The normalized spacial score (nSPS) is 20.1. The predicted molar refractivity (Wildman–Crippen MR) is 120 cm³/mol. The van der Waals surface area contributed by atoms with Crippen LogP contribution in [0.1, 0.15) is 49.1 Å². The van der Waals surface area contributed by atoms with E-state index in [1.165, 1.54) is 11.1 Å². The molecule has 0 amide bonds. The SMILES string of the molecule is O=C(CCc1ccccc1)[C@H]1CCCN1c1nc2ncc(C3CCOCC3)cc2s1. The highest BCUT2D eigenvalue weighted by molar-refractivity contribution is 7.22. The maximum absolute atomic E-state index is 13.0. The van der Waals surface area contributed by atoms with Gasteiger partial charge in [-0.15, -0.1) is 0 Å². The molecule has 156 valence electrons. The number of hydrogen-bond acceptors (Lipinski definition) is 6. The van der Waals surface area contributed by atoms with E-state index in [4.69, 9.17) is 9.72 Å². The highest BCUT2D eigenvalue weighted by atomic mass is 32.1. The summed E-state index contributed by atoms with van der Waals surface area (Å²) in [7, 11) is 0. The number of thiazole rings is 1. The van der Waals surface area contributed by atoms with Crippen LogP contribution in [-0.4, -0.2) is 41.6 Å². The van der Waals surface area contributed by atoms with E-state index >= 15 is 0 Å². The lowest BCUT2D eigenvalue weighted by atomic mass is 9.93. The number of Topliss-reactive ketones (excluding diaryl/α,β-unsaturated/α-hetero) is 1. The number of anilines is 1. The molecule has 2 saturated heterocycles. The smallest absolute Gasteiger partial charge is 0.188 e. The van der Waals surface area contributed by atoms with Gasteiger partial charge in [-0.2, -0.15) is 4.98 Å². The zero-order chi connectivity index (χ0) is 20.3. The first-order valence-corrected chi connectivity index (χ1v) is 11.8. The van der Waals surface area contributed by atoms with Gasteiger partial charge in [0.25, 0.3) is 0 Å². The second-order valence-electron chi connectivity index (χ2n) is 8.28. The number of hydrogen-bond donors (Lipinski definition) is 0. The number of carbonyl (C=O) groups is 1. The fraction of sp³-hybridized carbons (Fsp3) is 0.458. The Kier molecular flexibility index (Phi) is 5.77. The average molecular weight is 422 g/mol. The first kappa shape index (κ1) is 19.6. The van der Waals surface area contributed by atoms with Gasteiger partial charge in [0.2, 0.25) is 0 Å². The number of benzene rings is 1. The molecule has 3 aromatic rings. The highest BCUT2D eigenvalue weighted by Gasteiger charge is 2.32. The highest BCUT2D eigenvalue weighted by Crippen LogP contribution is 2.35. The molecule has 2 aliphatic heterocycles. The van der Waals surface area contributed by atoms with Crippen molar-refractivity contribution < 1.29 is 9.53 Å². The molecule has 30 heavy (non-hydrogen) atoms. The summed E-state index contributed by atoms with van der Waals surface area (Å²) in [6, 6.07) is 12.5. The van der Waals surface area contributed by atoms with E-state index in [9.17, 15) is 4.79 Å². The molecule has 1 atom stereocenters. The number of aryl methyl sites for hydroxylation is 1. The Bertz CT molecular complexity index is 1010. The number of ketones is 1. The molecule has 0 bridgehead atoms. The largest absolute Gasteiger partial charge is 0.381 e. The Morgan fingerprint density at radius 3 is 2.83 bits per heavy atom. The fourth-order valence-electron chi connectivity index (χ4n) is 4.61. The maximum atomic E-state index is 13.0. The van der Waals surface area contributed by atoms with Crippen LogP contribution in [0.3, 0.4) is 0 Å². The minimum Gasteiger partial charge on any atom is -0.381 e. The monoisotopic (exact) mass is 421 g/mol. The van der Waals surface area contributed by atoms with Crippen molar-refractivity contribution >= 4 is 32.6 Å². The van der Waals surface area contributed by atoms with Gasteiger partial charge in [0.05, 0.1) is 10.7 Å². The molecule has 0 saturated carbocycles. The Labute approximate surface area is 181 Å². The number of carbonyl (C=O) groups excluding carboxylic acids is 1. The van der Waals surface area contributed by atoms with E-state index < -0.39 is 0 Å². The molecule has 0 aliphatic carbocycles. The number of nitrogens with zero attached hydrogens (tertiary/aromatic N) is 3. The predicted octanol–water partition coefficient (Wildman–Crippen LogP) is 4.76. The summed E-state index contributed by atoms with van der Waals surface area (Å²) < 4.78 is 6.62. The Hall–Kier alpha value is -2.31. The molecule has 5 rings (SSSR count). The molecule has 1 aromatic carbocycles. The lowest BCUT2D eigenvalue weighted by Gasteiger charge is -2.22. The van der Waals surface area contributed by atoms with E-state index in [2.05, 4.69) is 28.1 Å². The van der Waals surface area contributed by atoms with E-state index in [0.717, 1.165) is 67.3 Å². The van der Waals surface area contributed by atoms with Gasteiger partial charge in [0, 0.05) is 32.4 Å². The third-order valence-electron chi connectivity index (χ3n) is 6.32. The maximum Gasteiger partial charge on any atom is 0.188 e. The van der Waals surface area contributed by atoms with Crippen LogP contribution >= 0.6 is 11.3 Å². The molecule has 0 unspecified atom stereocenters. The lowest BCUT2D eigenvalue weighted by Crippen LogP contribution is -2.36. The van der Waals surface area contributed by atoms with Crippen LogP contribution in [0, 0.1) is 0 Å². The standard InChI is InChI=1S/C24H27N3O2S/c28-21(9-8-17-5-2-1-3-6-17)20-7-4-12-27(20)24-26-23-22(30-24)15-19(16-25-23)18-10-13-29-14-11-18/h1-3,5-6,15-16,18,20H,4,7-14H2/t20-/m1/s1. The van der Waals surface area contributed by atoms with Gasteiger partial charge in [0.1, 0.15) is 0 Å².